The molecule has 1 unspecified atom stereocenters. The molecule has 4 rings (SSSR count). The first kappa shape index (κ1) is 13.1. The van der Waals surface area contributed by atoms with Crippen LogP contribution in [-0.4, -0.2) is 39.3 Å². The van der Waals surface area contributed by atoms with Crippen molar-refractivity contribution in [3.63, 3.8) is 0 Å². The Kier molecular flexibility index (Phi) is 2.66. The molecule has 1 aromatic carbocycles. The third-order valence-corrected chi connectivity index (χ3v) is 4.74. The van der Waals surface area contributed by atoms with E-state index in [4.69, 9.17) is 0 Å². The number of hydrogen-bond acceptors (Lipinski definition) is 2. The van der Waals surface area contributed by atoms with Crippen LogP contribution in [0.2, 0.25) is 0 Å². The summed E-state index contributed by atoms with van der Waals surface area (Å²) in [5.41, 5.74) is 0.961. The summed E-state index contributed by atoms with van der Waals surface area (Å²) in [4.78, 5) is 28.8. The van der Waals surface area contributed by atoms with Crippen molar-refractivity contribution in [2.45, 2.75) is 19.1 Å². The largest absolute Gasteiger partial charge is 0.339 e. The molecule has 1 atom stereocenters. The highest BCUT2D eigenvalue weighted by Crippen LogP contribution is 2.42. The average molecular weight is 295 g/mol. The van der Waals surface area contributed by atoms with Crippen LogP contribution in [0.15, 0.2) is 48.7 Å². The molecule has 22 heavy (non-hydrogen) atoms. The summed E-state index contributed by atoms with van der Waals surface area (Å²) >= 11 is 0. The molecule has 0 N–H and O–H groups in total. The maximum absolute atomic E-state index is 12.9. The van der Waals surface area contributed by atoms with Crippen molar-refractivity contribution in [1.29, 1.82) is 0 Å². The predicted molar refractivity (Wildman–Crippen MR) is 81.0 cm³/mol. The predicted octanol–water partition coefficient (Wildman–Crippen LogP) is 1.66. The third-order valence-electron chi connectivity index (χ3n) is 4.74. The molecule has 0 spiro atoms. The van der Waals surface area contributed by atoms with Crippen LogP contribution < -0.4 is 0 Å². The van der Waals surface area contributed by atoms with Crippen LogP contribution in [0.25, 0.3) is 0 Å². The number of benzene rings is 1. The normalized spacial score (nSPS) is 23.4. The van der Waals surface area contributed by atoms with Crippen LogP contribution in [0.3, 0.4) is 0 Å². The third kappa shape index (κ3) is 1.53. The van der Waals surface area contributed by atoms with E-state index in [2.05, 4.69) is 0 Å². The Morgan fingerprint density at radius 3 is 2.59 bits per heavy atom. The minimum Gasteiger partial charge on any atom is -0.339 e. The van der Waals surface area contributed by atoms with E-state index in [1.54, 1.807) is 6.92 Å². The summed E-state index contributed by atoms with van der Waals surface area (Å²) in [5.74, 6) is -0.0152. The van der Waals surface area contributed by atoms with Crippen molar-refractivity contribution in [2.75, 3.05) is 13.1 Å². The van der Waals surface area contributed by atoms with Gasteiger partial charge in [-0.25, -0.2) is 0 Å². The van der Waals surface area contributed by atoms with Crippen LogP contribution >= 0.6 is 0 Å². The second-order valence-electron chi connectivity index (χ2n) is 5.83. The number of aromatic nitrogens is 1. The second-order valence-corrected chi connectivity index (χ2v) is 5.83. The summed E-state index contributed by atoms with van der Waals surface area (Å²) in [6.07, 6.45) is 1.91. The zero-order valence-electron chi connectivity index (χ0n) is 12.4. The molecule has 5 nitrogen and oxygen atoms in total. The van der Waals surface area contributed by atoms with E-state index in [-0.39, 0.29) is 11.8 Å². The van der Waals surface area contributed by atoms with Crippen LogP contribution in [0, 0.1) is 0 Å². The second kappa shape index (κ2) is 4.47. The van der Waals surface area contributed by atoms with Crippen molar-refractivity contribution in [3.05, 3.63) is 59.9 Å². The van der Waals surface area contributed by atoms with Gasteiger partial charge in [0.25, 0.3) is 5.91 Å². The molecule has 1 aromatic heterocycles. The number of amides is 2. The van der Waals surface area contributed by atoms with E-state index in [0.717, 1.165) is 5.56 Å². The van der Waals surface area contributed by atoms with E-state index in [1.807, 2.05) is 63.0 Å². The van der Waals surface area contributed by atoms with Gasteiger partial charge in [-0.2, -0.15) is 0 Å². The van der Waals surface area contributed by atoms with Crippen LogP contribution in [0.5, 0.6) is 0 Å². The Bertz CT molecular complexity index is 752. The lowest BCUT2D eigenvalue weighted by molar-refractivity contribution is -0.138. The van der Waals surface area contributed by atoms with Crippen molar-refractivity contribution in [3.8, 4) is 0 Å². The van der Waals surface area contributed by atoms with E-state index in [9.17, 15) is 9.59 Å². The maximum atomic E-state index is 12.9. The number of carbonyl (C=O) groups is 2. The Labute approximate surface area is 128 Å². The average Bonchev–Trinajstić information content (AvgIpc) is 3.13. The summed E-state index contributed by atoms with van der Waals surface area (Å²) in [6.45, 7) is 3.29. The Morgan fingerprint density at radius 2 is 1.86 bits per heavy atom. The van der Waals surface area contributed by atoms with Gasteiger partial charge in [-0.3, -0.25) is 9.59 Å². The monoisotopic (exact) mass is 295 g/mol. The molecule has 5 heteroatoms. The Hall–Kier alpha value is -2.56. The van der Waals surface area contributed by atoms with Gasteiger partial charge in [0, 0.05) is 26.2 Å². The molecule has 2 amide bonds. The van der Waals surface area contributed by atoms with Crippen LogP contribution in [0.1, 0.15) is 23.0 Å². The SMILES string of the molecule is CC(=O)N1CCN2C(=O)c3cccn3CC12c1ccccc1. The van der Waals surface area contributed by atoms with Gasteiger partial charge in [0.05, 0.1) is 6.54 Å². The van der Waals surface area contributed by atoms with Gasteiger partial charge in [-0.05, 0) is 17.7 Å². The van der Waals surface area contributed by atoms with Crippen LogP contribution in [-0.2, 0) is 17.0 Å². The first-order valence-electron chi connectivity index (χ1n) is 7.45. The zero-order valence-corrected chi connectivity index (χ0v) is 12.4. The first-order valence-corrected chi connectivity index (χ1v) is 7.45. The number of nitrogens with zero attached hydrogens (tertiary/aromatic N) is 3. The minimum atomic E-state index is -0.712. The van der Waals surface area contributed by atoms with Gasteiger partial charge in [0.1, 0.15) is 5.69 Å². The van der Waals surface area contributed by atoms with Gasteiger partial charge >= 0.3 is 0 Å². The smallest absolute Gasteiger partial charge is 0.272 e. The highest BCUT2D eigenvalue weighted by atomic mass is 16.2. The van der Waals surface area contributed by atoms with Crippen LogP contribution in [0.4, 0.5) is 0 Å². The van der Waals surface area contributed by atoms with E-state index in [0.29, 0.717) is 25.3 Å². The standard InChI is InChI=1S/C17H17N3O2/c1-13(21)19-10-11-20-16(22)15-8-5-9-18(15)12-17(19,20)14-6-3-2-4-7-14/h2-9H,10-12H2,1H3. The quantitative estimate of drug-likeness (QED) is 0.803. The zero-order chi connectivity index (χ0) is 15.3. The molecule has 2 aliphatic rings. The van der Waals surface area contributed by atoms with Gasteiger partial charge in [0.2, 0.25) is 5.91 Å². The summed E-state index contributed by atoms with van der Waals surface area (Å²) < 4.78 is 1.95. The van der Waals surface area contributed by atoms with Crippen molar-refractivity contribution >= 4 is 11.8 Å². The molecule has 2 aliphatic heterocycles. The molecule has 0 bridgehead atoms. The molecule has 0 radical (unpaired) electrons. The lowest BCUT2D eigenvalue weighted by Gasteiger charge is -2.47. The number of hydrogen-bond donors (Lipinski definition) is 0. The van der Waals surface area contributed by atoms with E-state index >= 15 is 0 Å². The molecule has 0 saturated carbocycles. The molecule has 1 saturated heterocycles. The molecule has 0 aliphatic carbocycles. The summed E-state index contributed by atoms with van der Waals surface area (Å²) in [6, 6.07) is 13.6. The fraction of sp³-hybridized carbons (Fsp3) is 0.294. The summed E-state index contributed by atoms with van der Waals surface area (Å²) in [5, 5.41) is 0. The highest BCUT2D eigenvalue weighted by Gasteiger charge is 2.55. The Morgan fingerprint density at radius 1 is 1.09 bits per heavy atom. The first-order chi connectivity index (χ1) is 10.6. The topological polar surface area (TPSA) is 45.6 Å². The molecular formula is C17H17N3O2. The Balaban J connectivity index is 1.95. The summed E-state index contributed by atoms with van der Waals surface area (Å²) in [7, 11) is 0. The number of rotatable bonds is 1. The lowest BCUT2D eigenvalue weighted by atomic mass is 9.94. The fourth-order valence-corrected chi connectivity index (χ4v) is 3.80. The van der Waals surface area contributed by atoms with Gasteiger partial charge < -0.3 is 14.4 Å². The molecule has 3 heterocycles. The molecule has 2 aromatic rings. The maximum Gasteiger partial charge on any atom is 0.272 e. The van der Waals surface area contributed by atoms with E-state index in [1.165, 1.54) is 0 Å². The van der Waals surface area contributed by atoms with Gasteiger partial charge in [-0.1, -0.05) is 30.3 Å². The number of fused-ring (bicyclic) bond motifs is 2. The van der Waals surface area contributed by atoms with Crippen molar-refractivity contribution in [2.24, 2.45) is 0 Å². The molecule has 1 fully saturated rings. The van der Waals surface area contributed by atoms with Crippen molar-refractivity contribution in [1.82, 2.24) is 14.4 Å². The van der Waals surface area contributed by atoms with Crippen molar-refractivity contribution < 1.29 is 9.59 Å². The fourth-order valence-electron chi connectivity index (χ4n) is 3.80. The number of carbonyl (C=O) groups excluding carboxylic acids is 2. The minimum absolute atomic E-state index is 0.00485. The molecular weight excluding hydrogens is 278 g/mol. The van der Waals surface area contributed by atoms with Gasteiger partial charge in [0.15, 0.2) is 5.66 Å². The molecule has 112 valence electrons. The lowest BCUT2D eigenvalue weighted by Crippen LogP contribution is -2.59. The van der Waals surface area contributed by atoms with E-state index < -0.39 is 5.66 Å². The highest BCUT2D eigenvalue weighted by molar-refractivity contribution is 5.95. The van der Waals surface area contributed by atoms with Gasteiger partial charge in [-0.15, -0.1) is 0 Å².